The summed E-state index contributed by atoms with van der Waals surface area (Å²) in [5, 5.41) is 21.9. The second-order valence-corrected chi connectivity index (χ2v) is 6.96. The van der Waals surface area contributed by atoms with Gasteiger partial charge in [0.05, 0.1) is 12.7 Å². The number of ketones is 1. The fraction of sp³-hybridized carbons (Fsp3) is 0.120. The number of nitrogens with one attached hydrogen (secondary N) is 1. The SMILES string of the molecule is COc1cc(/C=C/C(=O)c2ccc(O)cc2O)ccc1OCC(=O)Nc1ccccc1C. The maximum Gasteiger partial charge on any atom is 0.262 e. The Kier molecular flexibility index (Phi) is 7.13. The zero-order valence-corrected chi connectivity index (χ0v) is 17.7. The fourth-order valence-electron chi connectivity index (χ4n) is 2.94. The van der Waals surface area contributed by atoms with Gasteiger partial charge >= 0.3 is 0 Å². The van der Waals surface area contributed by atoms with Crippen LogP contribution < -0.4 is 14.8 Å². The number of phenols is 2. The summed E-state index contributed by atoms with van der Waals surface area (Å²) in [5.74, 6) is -0.372. The predicted molar refractivity (Wildman–Crippen MR) is 121 cm³/mol. The lowest BCUT2D eigenvalue weighted by Crippen LogP contribution is -2.20. The number of carbonyl (C=O) groups excluding carboxylic acids is 2. The normalized spacial score (nSPS) is 10.7. The number of hydrogen-bond acceptors (Lipinski definition) is 6. The molecule has 3 aromatic rings. The van der Waals surface area contributed by atoms with Gasteiger partial charge in [0.15, 0.2) is 23.9 Å². The minimum absolute atomic E-state index is 0.0747. The van der Waals surface area contributed by atoms with E-state index >= 15 is 0 Å². The van der Waals surface area contributed by atoms with E-state index in [0.717, 1.165) is 17.3 Å². The first-order chi connectivity index (χ1) is 15.4. The molecule has 0 spiro atoms. The van der Waals surface area contributed by atoms with Crippen molar-refractivity contribution in [1.29, 1.82) is 0 Å². The largest absolute Gasteiger partial charge is 0.508 e. The highest BCUT2D eigenvalue weighted by Gasteiger charge is 2.11. The summed E-state index contributed by atoms with van der Waals surface area (Å²) < 4.78 is 10.9. The van der Waals surface area contributed by atoms with Crippen LogP contribution in [0.1, 0.15) is 21.5 Å². The molecule has 7 heteroatoms. The van der Waals surface area contributed by atoms with Gasteiger partial charge in [0, 0.05) is 11.8 Å². The molecular weight excluding hydrogens is 410 g/mol. The number of anilines is 1. The molecule has 0 unspecified atom stereocenters. The molecule has 0 saturated carbocycles. The van der Waals surface area contributed by atoms with Gasteiger partial charge in [-0.3, -0.25) is 9.59 Å². The first-order valence-corrected chi connectivity index (χ1v) is 9.78. The Bertz CT molecular complexity index is 1170. The number of aromatic hydroxyl groups is 2. The average Bonchev–Trinajstić information content (AvgIpc) is 2.77. The molecule has 7 nitrogen and oxygen atoms in total. The van der Waals surface area contributed by atoms with Crippen molar-refractivity contribution < 1.29 is 29.3 Å². The number of carbonyl (C=O) groups is 2. The van der Waals surface area contributed by atoms with Crippen LogP contribution >= 0.6 is 0 Å². The lowest BCUT2D eigenvalue weighted by Gasteiger charge is -2.12. The molecule has 0 heterocycles. The van der Waals surface area contributed by atoms with Crippen molar-refractivity contribution in [2.45, 2.75) is 6.92 Å². The van der Waals surface area contributed by atoms with Gasteiger partial charge in [-0.15, -0.1) is 0 Å². The van der Waals surface area contributed by atoms with Crippen LogP contribution in [0, 0.1) is 6.92 Å². The quantitative estimate of drug-likeness (QED) is 0.361. The van der Waals surface area contributed by atoms with Gasteiger partial charge in [0.2, 0.25) is 0 Å². The van der Waals surface area contributed by atoms with E-state index in [9.17, 15) is 19.8 Å². The van der Waals surface area contributed by atoms with E-state index in [1.165, 1.54) is 25.3 Å². The topological polar surface area (TPSA) is 105 Å². The van der Waals surface area contributed by atoms with Crippen molar-refractivity contribution >= 4 is 23.5 Å². The van der Waals surface area contributed by atoms with Crippen LogP contribution in [0.3, 0.4) is 0 Å². The molecule has 32 heavy (non-hydrogen) atoms. The van der Waals surface area contributed by atoms with E-state index in [1.807, 2.05) is 31.2 Å². The molecule has 0 bridgehead atoms. The third kappa shape index (κ3) is 5.66. The van der Waals surface area contributed by atoms with Crippen molar-refractivity contribution in [3.63, 3.8) is 0 Å². The molecule has 0 radical (unpaired) electrons. The first-order valence-electron chi connectivity index (χ1n) is 9.78. The molecule has 1 amide bonds. The Morgan fingerprint density at radius 2 is 1.78 bits per heavy atom. The molecule has 164 valence electrons. The van der Waals surface area contributed by atoms with Crippen molar-refractivity contribution in [2.24, 2.45) is 0 Å². The summed E-state index contributed by atoms with van der Waals surface area (Å²) in [4.78, 5) is 24.5. The van der Waals surface area contributed by atoms with Crippen molar-refractivity contribution in [3.8, 4) is 23.0 Å². The van der Waals surface area contributed by atoms with Crippen LogP contribution in [0.25, 0.3) is 6.08 Å². The Morgan fingerprint density at radius 3 is 2.50 bits per heavy atom. The molecule has 0 aliphatic heterocycles. The Labute approximate surface area is 185 Å². The highest BCUT2D eigenvalue weighted by molar-refractivity contribution is 6.08. The summed E-state index contributed by atoms with van der Waals surface area (Å²) in [6.45, 7) is 1.71. The van der Waals surface area contributed by atoms with Gasteiger partial charge in [0.1, 0.15) is 11.5 Å². The number of ether oxygens (including phenoxy) is 2. The van der Waals surface area contributed by atoms with Gasteiger partial charge in [0.25, 0.3) is 5.91 Å². The van der Waals surface area contributed by atoms with E-state index in [-0.39, 0.29) is 29.6 Å². The maximum atomic E-state index is 12.3. The third-order valence-electron chi connectivity index (χ3n) is 4.64. The minimum Gasteiger partial charge on any atom is -0.508 e. The van der Waals surface area contributed by atoms with Crippen LogP contribution in [-0.4, -0.2) is 35.6 Å². The summed E-state index contributed by atoms with van der Waals surface area (Å²) >= 11 is 0. The number of rotatable bonds is 8. The number of methoxy groups -OCH3 is 1. The Balaban J connectivity index is 1.65. The van der Waals surface area contributed by atoms with E-state index in [0.29, 0.717) is 17.1 Å². The number of para-hydroxylation sites is 1. The summed E-state index contributed by atoms with van der Waals surface area (Å²) in [7, 11) is 1.47. The lowest BCUT2D eigenvalue weighted by atomic mass is 10.1. The van der Waals surface area contributed by atoms with E-state index < -0.39 is 5.78 Å². The summed E-state index contributed by atoms with van der Waals surface area (Å²) in [5.41, 5.74) is 2.40. The molecular formula is C25H23NO6. The number of allylic oxidation sites excluding steroid dienone is 1. The molecule has 0 saturated heterocycles. The van der Waals surface area contributed by atoms with Gasteiger partial charge in [-0.1, -0.05) is 30.3 Å². The lowest BCUT2D eigenvalue weighted by molar-refractivity contribution is -0.118. The number of benzene rings is 3. The van der Waals surface area contributed by atoms with Crippen LogP contribution in [0.2, 0.25) is 0 Å². The van der Waals surface area contributed by atoms with Crippen LogP contribution in [0.15, 0.2) is 66.7 Å². The minimum atomic E-state index is -0.422. The number of phenolic OH excluding ortho intramolecular Hbond substituents is 2. The molecule has 3 N–H and O–H groups in total. The van der Waals surface area contributed by atoms with Gasteiger partial charge in [-0.25, -0.2) is 0 Å². The van der Waals surface area contributed by atoms with Crippen LogP contribution in [0.5, 0.6) is 23.0 Å². The van der Waals surface area contributed by atoms with Crippen molar-refractivity contribution in [1.82, 2.24) is 0 Å². The smallest absolute Gasteiger partial charge is 0.262 e. The van der Waals surface area contributed by atoms with Crippen LogP contribution in [0.4, 0.5) is 5.69 Å². The van der Waals surface area contributed by atoms with Crippen molar-refractivity contribution in [2.75, 3.05) is 19.0 Å². The predicted octanol–water partition coefficient (Wildman–Crippen LogP) is 4.33. The maximum absolute atomic E-state index is 12.3. The molecule has 0 aromatic heterocycles. The molecule has 3 rings (SSSR count). The van der Waals surface area contributed by atoms with Gasteiger partial charge < -0.3 is 25.0 Å². The summed E-state index contributed by atoms with van der Waals surface area (Å²) in [6.07, 6.45) is 2.86. The standard InChI is InChI=1S/C25H23NO6/c1-16-5-3-4-6-20(16)26-25(30)15-32-23-12-8-17(13-24(23)31-2)7-11-21(28)19-10-9-18(27)14-22(19)29/h3-14,27,29H,15H2,1-2H3,(H,26,30)/b11-7+. The zero-order valence-electron chi connectivity index (χ0n) is 17.7. The summed E-state index contributed by atoms with van der Waals surface area (Å²) in [6, 6.07) is 16.2. The van der Waals surface area contributed by atoms with Gasteiger partial charge in [-0.2, -0.15) is 0 Å². The van der Waals surface area contributed by atoms with Crippen molar-refractivity contribution in [3.05, 3.63) is 83.4 Å². The average molecular weight is 433 g/mol. The fourth-order valence-corrected chi connectivity index (χ4v) is 2.94. The van der Waals surface area contributed by atoms with E-state index in [1.54, 1.807) is 24.3 Å². The second kappa shape index (κ2) is 10.2. The Hall–Kier alpha value is -4.26. The first kappa shape index (κ1) is 22.4. The number of amides is 1. The number of hydrogen-bond donors (Lipinski definition) is 3. The molecule has 0 aliphatic rings. The monoisotopic (exact) mass is 433 g/mol. The van der Waals surface area contributed by atoms with E-state index in [4.69, 9.17) is 9.47 Å². The van der Waals surface area contributed by atoms with Gasteiger partial charge in [-0.05, 0) is 54.5 Å². The highest BCUT2D eigenvalue weighted by atomic mass is 16.5. The number of aryl methyl sites for hydroxylation is 1. The second-order valence-electron chi connectivity index (χ2n) is 6.96. The third-order valence-corrected chi connectivity index (χ3v) is 4.64. The molecule has 0 atom stereocenters. The zero-order chi connectivity index (χ0) is 23.1. The van der Waals surface area contributed by atoms with E-state index in [2.05, 4.69) is 5.32 Å². The molecule has 3 aromatic carbocycles. The molecule has 0 aliphatic carbocycles. The Morgan fingerprint density at radius 1 is 1.00 bits per heavy atom. The molecule has 0 fully saturated rings. The van der Waals surface area contributed by atoms with Crippen LogP contribution in [-0.2, 0) is 4.79 Å². The highest BCUT2D eigenvalue weighted by Crippen LogP contribution is 2.29.